The van der Waals surface area contributed by atoms with Crippen molar-refractivity contribution in [3.05, 3.63) is 60.2 Å². The van der Waals surface area contributed by atoms with E-state index in [0.717, 1.165) is 0 Å². The summed E-state index contributed by atoms with van der Waals surface area (Å²) in [5, 5.41) is 2.59. The molecule has 28 heavy (non-hydrogen) atoms. The number of nitrogens with one attached hydrogen (secondary N) is 1. The van der Waals surface area contributed by atoms with Gasteiger partial charge in [0, 0.05) is 5.69 Å². The summed E-state index contributed by atoms with van der Waals surface area (Å²) in [5.41, 5.74) is 0.858. The topological polar surface area (TPSA) is 90.9 Å². The molecule has 0 radical (unpaired) electrons. The van der Waals surface area contributed by atoms with Crippen LogP contribution in [-0.4, -0.2) is 37.2 Å². The van der Waals surface area contributed by atoms with Crippen molar-refractivity contribution in [1.82, 2.24) is 0 Å². The maximum Gasteiger partial charge on any atom is 0.347 e. The molecule has 0 aliphatic rings. The molecule has 0 spiro atoms. The predicted molar refractivity (Wildman–Crippen MR) is 103 cm³/mol. The molecule has 0 fully saturated rings. The Morgan fingerprint density at radius 3 is 2.21 bits per heavy atom. The van der Waals surface area contributed by atoms with Crippen LogP contribution in [0.5, 0.6) is 5.75 Å². The molecule has 1 atom stereocenters. The number of carbonyl (C=O) groups excluding carboxylic acids is 3. The number of ether oxygens (including phenoxy) is 3. The van der Waals surface area contributed by atoms with E-state index in [1.807, 2.05) is 6.07 Å². The number of benzene rings is 2. The van der Waals surface area contributed by atoms with Crippen LogP contribution in [-0.2, 0) is 19.1 Å². The Morgan fingerprint density at radius 2 is 1.61 bits per heavy atom. The van der Waals surface area contributed by atoms with Gasteiger partial charge in [0.05, 0.1) is 12.2 Å². The fourth-order valence-electron chi connectivity index (χ4n) is 2.29. The van der Waals surface area contributed by atoms with Crippen molar-refractivity contribution in [3.8, 4) is 5.75 Å². The molecule has 1 amide bonds. The summed E-state index contributed by atoms with van der Waals surface area (Å²) < 4.78 is 15.5. The first-order valence-corrected chi connectivity index (χ1v) is 8.98. The molecule has 0 bridgehead atoms. The lowest BCUT2D eigenvalue weighted by molar-refractivity contribution is -0.154. The van der Waals surface area contributed by atoms with Crippen molar-refractivity contribution in [2.45, 2.75) is 26.4 Å². The number of hydrogen-bond donors (Lipinski definition) is 1. The molecule has 2 rings (SSSR count). The van der Waals surface area contributed by atoms with Crippen LogP contribution in [0.15, 0.2) is 54.6 Å². The predicted octanol–water partition coefficient (Wildman–Crippen LogP) is 3.20. The smallest absolute Gasteiger partial charge is 0.347 e. The molecule has 1 N–H and O–H groups in total. The van der Waals surface area contributed by atoms with Crippen LogP contribution >= 0.6 is 0 Å². The van der Waals surface area contributed by atoms with Gasteiger partial charge in [0.2, 0.25) is 0 Å². The summed E-state index contributed by atoms with van der Waals surface area (Å²) >= 11 is 0. The number of rotatable bonds is 9. The lowest BCUT2D eigenvalue weighted by Gasteiger charge is -2.16. The van der Waals surface area contributed by atoms with Crippen molar-refractivity contribution < 1.29 is 28.6 Å². The van der Waals surface area contributed by atoms with Gasteiger partial charge in [-0.3, -0.25) is 4.79 Å². The molecule has 0 saturated heterocycles. The minimum atomic E-state index is -0.793. The second kappa shape index (κ2) is 10.7. The Morgan fingerprint density at radius 1 is 0.929 bits per heavy atom. The Balaban J connectivity index is 1.82. The number of amides is 1. The van der Waals surface area contributed by atoms with E-state index in [1.54, 1.807) is 62.4 Å². The molecule has 0 unspecified atom stereocenters. The fourth-order valence-corrected chi connectivity index (χ4v) is 2.29. The second-order valence-electron chi connectivity index (χ2n) is 5.78. The van der Waals surface area contributed by atoms with Crippen LogP contribution in [0.2, 0.25) is 0 Å². The quantitative estimate of drug-likeness (QED) is 0.667. The third-order valence-corrected chi connectivity index (χ3v) is 3.68. The Hall–Kier alpha value is -3.35. The van der Waals surface area contributed by atoms with E-state index >= 15 is 0 Å². The van der Waals surface area contributed by atoms with Gasteiger partial charge in [-0.15, -0.1) is 0 Å². The van der Waals surface area contributed by atoms with E-state index in [0.29, 0.717) is 23.4 Å². The molecule has 0 aliphatic carbocycles. The molecule has 0 saturated carbocycles. The van der Waals surface area contributed by atoms with E-state index in [-0.39, 0.29) is 6.61 Å². The van der Waals surface area contributed by atoms with Crippen LogP contribution in [0.1, 0.15) is 30.6 Å². The van der Waals surface area contributed by atoms with Gasteiger partial charge in [0.15, 0.2) is 12.7 Å². The molecule has 148 valence electrons. The molecule has 0 heterocycles. The van der Waals surface area contributed by atoms with Crippen LogP contribution < -0.4 is 10.1 Å². The minimum Gasteiger partial charge on any atom is -0.479 e. The fraction of sp³-hybridized carbons (Fsp3) is 0.286. The lowest BCUT2D eigenvalue weighted by atomic mass is 10.2. The van der Waals surface area contributed by atoms with Crippen molar-refractivity contribution in [1.29, 1.82) is 0 Å². The van der Waals surface area contributed by atoms with E-state index < -0.39 is 30.6 Å². The van der Waals surface area contributed by atoms with Crippen LogP contribution in [0.3, 0.4) is 0 Å². The van der Waals surface area contributed by atoms with E-state index in [9.17, 15) is 14.4 Å². The summed E-state index contributed by atoms with van der Waals surface area (Å²) in [6.07, 6.45) is -0.385. The Kier molecular flexibility index (Phi) is 8.02. The van der Waals surface area contributed by atoms with Crippen molar-refractivity contribution in [2.75, 3.05) is 18.5 Å². The first kappa shape index (κ1) is 21.0. The zero-order chi connectivity index (χ0) is 20.4. The summed E-state index contributed by atoms with van der Waals surface area (Å²) in [4.78, 5) is 35.7. The summed E-state index contributed by atoms with van der Waals surface area (Å²) in [6.45, 7) is 3.37. The van der Waals surface area contributed by atoms with Gasteiger partial charge in [-0.2, -0.15) is 0 Å². The number of para-hydroxylation sites is 1. The van der Waals surface area contributed by atoms with Crippen LogP contribution in [0.25, 0.3) is 0 Å². The molecule has 2 aromatic carbocycles. The number of anilines is 1. The van der Waals surface area contributed by atoms with Gasteiger partial charge >= 0.3 is 11.9 Å². The lowest BCUT2D eigenvalue weighted by Crippen LogP contribution is -2.31. The summed E-state index contributed by atoms with van der Waals surface area (Å²) in [7, 11) is 0. The first-order chi connectivity index (χ1) is 13.5. The van der Waals surface area contributed by atoms with Gasteiger partial charge in [0.1, 0.15) is 5.75 Å². The monoisotopic (exact) mass is 385 g/mol. The van der Waals surface area contributed by atoms with E-state index in [1.165, 1.54) is 0 Å². The molecule has 7 nitrogen and oxygen atoms in total. The third kappa shape index (κ3) is 6.42. The normalized spacial score (nSPS) is 11.2. The highest BCUT2D eigenvalue weighted by Crippen LogP contribution is 2.14. The first-order valence-electron chi connectivity index (χ1n) is 8.98. The molecule has 2 aromatic rings. The largest absolute Gasteiger partial charge is 0.479 e. The van der Waals surface area contributed by atoms with Gasteiger partial charge in [0.25, 0.3) is 5.91 Å². The standard InChI is InChI=1S/C21H23NO6/c1-3-18(28-17-8-6-5-7-9-17)21(25)27-14-19(23)22-16-12-10-15(11-13-16)20(24)26-4-2/h5-13,18H,3-4,14H2,1-2H3,(H,22,23)/t18-/m0/s1. The average molecular weight is 385 g/mol. The van der Waals surface area contributed by atoms with E-state index in [4.69, 9.17) is 14.2 Å². The number of hydrogen-bond acceptors (Lipinski definition) is 6. The number of carbonyl (C=O) groups is 3. The highest BCUT2D eigenvalue weighted by atomic mass is 16.6. The summed E-state index contributed by atoms with van der Waals surface area (Å²) in [5.74, 6) is -0.985. The summed E-state index contributed by atoms with van der Waals surface area (Å²) in [6, 6.07) is 15.1. The zero-order valence-electron chi connectivity index (χ0n) is 15.8. The van der Waals surface area contributed by atoms with Gasteiger partial charge < -0.3 is 19.5 Å². The van der Waals surface area contributed by atoms with Crippen molar-refractivity contribution in [3.63, 3.8) is 0 Å². The molecule has 0 aromatic heterocycles. The molecular formula is C21H23NO6. The van der Waals surface area contributed by atoms with Gasteiger partial charge in [-0.1, -0.05) is 25.1 Å². The maximum atomic E-state index is 12.1. The van der Waals surface area contributed by atoms with Gasteiger partial charge in [-0.25, -0.2) is 9.59 Å². The van der Waals surface area contributed by atoms with Crippen LogP contribution in [0, 0.1) is 0 Å². The van der Waals surface area contributed by atoms with Crippen molar-refractivity contribution >= 4 is 23.5 Å². The SMILES string of the molecule is CCOC(=O)c1ccc(NC(=O)COC(=O)[C@H](CC)Oc2ccccc2)cc1. The molecule has 0 aliphatic heterocycles. The van der Waals surface area contributed by atoms with E-state index in [2.05, 4.69) is 5.32 Å². The van der Waals surface area contributed by atoms with Crippen LogP contribution in [0.4, 0.5) is 5.69 Å². The van der Waals surface area contributed by atoms with Gasteiger partial charge in [-0.05, 0) is 49.7 Å². The Labute approximate surface area is 163 Å². The molecular weight excluding hydrogens is 362 g/mol. The number of esters is 2. The average Bonchev–Trinajstić information content (AvgIpc) is 2.71. The Bertz CT molecular complexity index is 788. The maximum absolute atomic E-state index is 12.1. The molecule has 7 heteroatoms. The third-order valence-electron chi connectivity index (χ3n) is 3.68. The van der Waals surface area contributed by atoms with Crippen molar-refractivity contribution in [2.24, 2.45) is 0 Å². The highest BCUT2D eigenvalue weighted by Gasteiger charge is 2.21. The zero-order valence-corrected chi connectivity index (χ0v) is 15.8. The minimum absolute atomic E-state index is 0.287. The highest BCUT2D eigenvalue weighted by molar-refractivity contribution is 5.94. The second-order valence-corrected chi connectivity index (χ2v) is 5.78.